The molecule has 1 aromatic carbocycles. The number of hydrogen-bond acceptors (Lipinski definition) is 0. The normalized spacial score (nSPS) is 9.42. The van der Waals surface area contributed by atoms with Gasteiger partial charge in [0.15, 0.2) is 0 Å². The lowest BCUT2D eigenvalue weighted by Crippen LogP contribution is -1.89. The molecule has 0 radical (unpaired) electrons. The molecule has 0 heterocycles. The zero-order valence-electron chi connectivity index (χ0n) is 7.59. The summed E-state index contributed by atoms with van der Waals surface area (Å²) >= 11 is 0. The van der Waals surface area contributed by atoms with Gasteiger partial charge in [0.25, 0.3) is 0 Å². The van der Waals surface area contributed by atoms with Crippen LogP contribution in [0.25, 0.3) is 4.85 Å². The van der Waals surface area contributed by atoms with Gasteiger partial charge >= 0.3 is 0 Å². The van der Waals surface area contributed by atoms with Gasteiger partial charge in [0.05, 0.1) is 0 Å². The Hall–Kier alpha value is -1.29. The first-order chi connectivity index (χ1) is 5.72. The minimum absolute atomic E-state index is 0.600. The van der Waals surface area contributed by atoms with E-state index in [0.717, 1.165) is 6.42 Å². The maximum absolute atomic E-state index is 6.68. The molecule has 0 aliphatic carbocycles. The van der Waals surface area contributed by atoms with Crippen molar-refractivity contribution in [3.05, 3.63) is 46.3 Å². The molecule has 0 saturated heterocycles. The van der Waals surface area contributed by atoms with Crippen molar-refractivity contribution < 1.29 is 0 Å². The fraction of sp³-hybridized carbons (Fsp3) is 0.364. The number of benzene rings is 1. The molecule has 1 rings (SSSR count). The van der Waals surface area contributed by atoms with E-state index in [-0.39, 0.29) is 0 Å². The quantitative estimate of drug-likeness (QED) is 0.584. The molecular weight excluding hydrogens is 146 g/mol. The van der Waals surface area contributed by atoms with Gasteiger partial charge in [-0.3, -0.25) is 0 Å². The molecule has 12 heavy (non-hydrogen) atoms. The van der Waals surface area contributed by atoms with Crippen LogP contribution in [0.1, 0.15) is 16.7 Å². The topological polar surface area (TPSA) is 4.36 Å². The van der Waals surface area contributed by atoms with Crippen LogP contribution < -0.4 is 0 Å². The molecule has 0 aliphatic rings. The third kappa shape index (κ3) is 2.39. The Bertz CT molecular complexity index is 287. The molecule has 0 saturated carbocycles. The van der Waals surface area contributed by atoms with Crippen LogP contribution in [0.5, 0.6) is 0 Å². The second-order valence-electron chi connectivity index (χ2n) is 3.13. The van der Waals surface area contributed by atoms with Crippen molar-refractivity contribution in [2.24, 2.45) is 0 Å². The van der Waals surface area contributed by atoms with Crippen molar-refractivity contribution in [2.45, 2.75) is 20.3 Å². The van der Waals surface area contributed by atoms with Crippen LogP contribution >= 0.6 is 0 Å². The molecule has 1 heteroatoms. The first-order valence-corrected chi connectivity index (χ1v) is 4.13. The lowest BCUT2D eigenvalue weighted by atomic mass is 10.1. The fourth-order valence-electron chi connectivity index (χ4n) is 1.40. The van der Waals surface area contributed by atoms with E-state index in [1.165, 1.54) is 16.7 Å². The SMILES string of the molecule is [C-]#[N+]CCc1cc(C)cc(C)c1. The Labute approximate surface area is 73.9 Å². The van der Waals surface area contributed by atoms with Gasteiger partial charge in [-0.15, -0.1) is 0 Å². The molecule has 0 atom stereocenters. The molecule has 0 amide bonds. The van der Waals surface area contributed by atoms with Crippen molar-refractivity contribution in [2.75, 3.05) is 6.54 Å². The van der Waals surface area contributed by atoms with Crippen molar-refractivity contribution in [1.29, 1.82) is 0 Å². The lowest BCUT2D eigenvalue weighted by Gasteiger charge is -2.00. The first kappa shape index (κ1) is 8.80. The van der Waals surface area contributed by atoms with Gasteiger partial charge in [0.2, 0.25) is 6.54 Å². The first-order valence-electron chi connectivity index (χ1n) is 4.13. The predicted molar refractivity (Wildman–Crippen MR) is 51.1 cm³/mol. The summed E-state index contributed by atoms with van der Waals surface area (Å²) in [6.07, 6.45) is 0.881. The van der Waals surface area contributed by atoms with Crippen LogP contribution in [0.15, 0.2) is 18.2 Å². The number of aryl methyl sites for hydroxylation is 2. The van der Waals surface area contributed by atoms with E-state index in [0.29, 0.717) is 6.54 Å². The average Bonchev–Trinajstić information content (AvgIpc) is 1.99. The summed E-state index contributed by atoms with van der Waals surface area (Å²) in [5.74, 6) is 0. The third-order valence-electron chi connectivity index (χ3n) is 1.79. The molecular formula is C11H13N. The Balaban J connectivity index is 2.80. The van der Waals surface area contributed by atoms with Crippen LogP contribution in [0.2, 0.25) is 0 Å². The predicted octanol–water partition coefficient (Wildman–Crippen LogP) is 2.77. The molecule has 0 N–H and O–H groups in total. The molecule has 0 spiro atoms. The summed E-state index contributed by atoms with van der Waals surface area (Å²) in [5, 5.41) is 0. The number of hydrogen-bond donors (Lipinski definition) is 0. The second kappa shape index (κ2) is 3.92. The minimum Gasteiger partial charge on any atom is -0.317 e. The maximum atomic E-state index is 6.68. The van der Waals surface area contributed by atoms with Crippen LogP contribution in [0.4, 0.5) is 0 Å². The highest BCUT2D eigenvalue weighted by Gasteiger charge is 1.96. The standard InChI is InChI=1S/C11H13N/c1-9-6-10(2)8-11(7-9)4-5-12-3/h6-8H,4-5H2,1-2H3. The van der Waals surface area contributed by atoms with E-state index in [2.05, 4.69) is 36.9 Å². The van der Waals surface area contributed by atoms with Gasteiger partial charge in [-0.05, 0) is 19.4 Å². The van der Waals surface area contributed by atoms with Crippen LogP contribution in [0, 0.1) is 20.4 Å². The zero-order valence-corrected chi connectivity index (χ0v) is 7.59. The molecule has 1 aromatic rings. The van der Waals surface area contributed by atoms with E-state index >= 15 is 0 Å². The van der Waals surface area contributed by atoms with E-state index < -0.39 is 0 Å². The van der Waals surface area contributed by atoms with Crippen LogP contribution in [0.3, 0.4) is 0 Å². The molecule has 0 bridgehead atoms. The Kier molecular flexibility index (Phi) is 2.88. The van der Waals surface area contributed by atoms with Gasteiger partial charge in [0.1, 0.15) is 0 Å². The summed E-state index contributed by atoms with van der Waals surface area (Å²) in [7, 11) is 0. The number of nitrogens with zero attached hydrogens (tertiary/aromatic N) is 1. The lowest BCUT2D eigenvalue weighted by molar-refractivity contribution is 1.07. The molecule has 0 fully saturated rings. The monoisotopic (exact) mass is 159 g/mol. The Morgan fingerprint density at radius 3 is 2.25 bits per heavy atom. The van der Waals surface area contributed by atoms with Crippen LogP contribution in [-0.4, -0.2) is 6.54 Å². The summed E-state index contributed by atoms with van der Waals surface area (Å²) in [5.41, 5.74) is 3.86. The molecule has 62 valence electrons. The molecule has 0 unspecified atom stereocenters. The summed E-state index contributed by atoms with van der Waals surface area (Å²) < 4.78 is 0. The summed E-state index contributed by atoms with van der Waals surface area (Å²) in [6.45, 7) is 11.5. The highest BCUT2D eigenvalue weighted by molar-refractivity contribution is 5.28. The molecule has 0 aliphatic heterocycles. The van der Waals surface area contributed by atoms with Gasteiger partial charge in [0, 0.05) is 6.42 Å². The smallest absolute Gasteiger partial charge is 0.218 e. The Morgan fingerprint density at radius 1 is 1.17 bits per heavy atom. The van der Waals surface area contributed by atoms with E-state index in [4.69, 9.17) is 6.57 Å². The van der Waals surface area contributed by atoms with Gasteiger partial charge in [-0.1, -0.05) is 29.3 Å². The molecule has 0 aromatic heterocycles. The Morgan fingerprint density at radius 2 is 1.75 bits per heavy atom. The fourth-order valence-corrected chi connectivity index (χ4v) is 1.40. The highest BCUT2D eigenvalue weighted by Crippen LogP contribution is 2.09. The van der Waals surface area contributed by atoms with Gasteiger partial charge < -0.3 is 4.85 Å². The van der Waals surface area contributed by atoms with Crippen molar-refractivity contribution >= 4 is 0 Å². The van der Waals surface area contributed by atoms with Crippen LogP contribution in [-0.2, 0) is 6.42 Å². The van der Waals surface area contributed by atoms with Gasteiger partial charge in [-0.2, -0.15) is 0 Å². The van der Waals surface area contributed by atoms with Crippen molar-refractivity contribution in [1.82, 2.24) is 0 Å². The van der Waals surface area contributed by atoms with Crippen molar-refractivity contribution in [3.8, 4) is 0 Å². The van der Waals surface area contributed by atoms with E-state index in [1.54, 1.807) is 0 Å². The largest absolute Gasteiger partial charge is 0.317 e. The molecule has 1 nitrogen and oxygen atoms in total. The zero-order chi connectivity index (χ0) is 8.97. The average molecular weight is 159 g/mol. The number of rotatable bonds is 2. The highest BCUT2D eigenvalue weighted by atomic mass is 14.6. The van der Waals surface area contributed by atoms with E-state index in [1.807, 2.05) is 0 Å². The third-order valence-corrected chi connectivity index (χ3v) is 1.79. The van der Waals surface area contributed by atoms with Crippen molar-refractivity contribution in [3.63, 3.8) is 0 Å². The maximum Gasteiger partial charge on any atom is 0.218 e. The second-order valence-corrected chi connectivity index (χ2v) is 3.13. The van der Waals surface area contributed by atoms with Gasteiger partial charge in [-0.25, -0.2) is 6.57 Å². The summed E-state index contributed by atoms with van der Waals surface area (Å²) in [4.78, 5) is 3.34. The van der Waals surface area contributed by atoms with E-state index in [9.17, 15) is 0 Å². The summed E-state index contributed by atoms with van der Waals surface area (Å²) in [6, 6.07) is 6.46. The minimum atomic E-state index is 0.600.